The Bertz CT molecular complexity index is 1010. The molecule has 3 aromatic heterocycles. The first-order chi connectivity index (χ1) is 14.1. The van der Waals surface area contributed by atoms with Crippen molar-refractivity contribution in [1.29, 1.82) is 0 Å². The predicted octanol–water partition coefficient (Wildman–Crippen LogP) is -0.457. The number of rotatable bonds is 6. The van der Waals surface area contributed by atoms with E-state index in [4.69, 9.17) is 9.47 Å². The molecular weight excluding hydrogens is 376 g/mol. The molecule has 0 saturated carbocycles. The standard InChI is InChI=1S/C19H22N6O4/c1-28-15-9-16(29-2)22-19(21-15)23-18(27)17-20-13(11-24-8-6-12(26)10-24)14-5-3-4-7-25(14)17/h3-5,7,9,12,26H,6,8,10-11H2,1-2H3,(H,21,22,23,27)/p+1. The molecule has 0 bridgehead atoms. The summed E-state index contributed by atoms with van der Waals surface area (Å²) in [5.41, 5.74) is 1.67. The molecular formula is C19H23N6O4+. The molecule has 2 unspecified atom stereocenters. The number of aromatic nitrogens is 4. The van der Waals surface area contributed by atoms with Gasteiger partial charge in [-0.05, 0) is 12.1 Å². The van der Waals surface area contributed by atoms with Crippen LogP contribution in [0.1, 0.15) is 22.7 Å². The van der Waals surface area contributed by atoms with E-state index in [2.05, 4.69) is 20.3 Å². The lowest BCUT2D eigenvalue weighted by molar-refractivity contribution is -0.902. The van der Waals surface area contributed by atoms with Crippen molar-refractivity contribution in [2.45, 2.75) is 19.1 Å². The molecule has 0 radical (unpaired) electrons. The van der Waals surface area contributed by atoms with Crippen LogP contribution in [0.15, 0.2) is 30.5 Å². The lowest BCUT2D eigenvalue weighted by Crippen LogP contribution is -3.09. The Labute approximate surface area is 167 Å². The maximum absolute atomic E-state index is 12.9. The first-order valence-electron chi connectivity index (χ1n) is 9.33. The molecule has 152 valence electrons. The number of amides is 1. The molecule has 3 N–H and O–H groups in total. The van der Waals surface area contributed by atoms with Gasteiger partial charge in [-0.2, -0.15) is 9.97 Å². The highest BCUT2D eigenvalue weighted by Gasteiger charge is 2.27. The molecule has 1 fully saturated rings. The van der Waals surface area contributed by atoms with Crippen molar-refractivity contribution in [3.63, 3.8) is 0 Å². The highest BCUT2D eigenvalue weighted by atomic mass is 16.5. The van der Waals surface area contributed by atoms with Crippen molar-refractivity contribution in [2.24, 2.45) is 0 Å². The number of pyridine rings is 1. The van der Waals surface area contributed by atoms with E-state index in [1.165, 1.54) is 25.2 Å². The van der Waals surface area contributed by atoms with Gasteiger partial charge in [0, 0.05) is 12.6 Å². The quantitative estimate of drug-likeness (QED) is 0.514. The lowest BCUT2D eigenvalue weighted by Gasteiger charge is -2.10. The van der Waals surface area contributed by atoms with E-state index in [9.17, 15) is 9.90 Å². The number of carbonyl (C=O) groups excluding carboxylic acids is 1. The number of aliphatic hydroxyl groups is 1. The van der Waals surface area contributed by atoms with E-state index in [0.29, 0.717) is 13.1 Å². The van der Waals surface area contributed by atoms with Gasteiger partial charge in [0.15, 0.2) is 0 Å². The second-order valence-corrected chi connectivity index (χ2v) is 6.89. The summed E-state index contributed by atoms with van der Waals surface area (Å²) in [7, 11) is 2.94. The molecule has 1 aliphatic heterocycles. The molecule has 1 aliphatic rings. The maximum Gasteiger partial charge on any atom is 0.294 e. The van der Waals surface area contributed by atoms with Crippen molar-refractivity contribution in [1.82, 2.24) is 19.4 Å². The number of quaternary nitrogens is 1. The number of methoxy groups -OCH3 is 2. The fourth-order valence-corrected chi connectivity index (χ4v) is 3.52. The minimum Gasteiger partial charge on any atom is -0.481 e. The average molecular weight is 399 g/mol. The molecule has 3 aromatic rings. The van der Waals surface area contributed by atoms with Crippen LogP contribution in [0, 0.1) is 0 Å². The van der Waals surface area contributed by atoms with Gasteiger partial charge in [0.25, 0.3) is 5.91 Å². The number of ether oxygens (including phenoxy) is 2. The van der Waals surface area contributed by atoms with Gasteiger partial charge in [-0.15, -0.1) is 0 Å². The van der Waals surface area contributed by atoms with Gasteiger partial charge in [0.2, 0.25) is 23.5 Å². The fraction of sp³-hybridized carbons (Fsp3) is 0.368. The van der Waals surface area contributed by atoms with Crippen LogP contribution >= 0.6 is 0 Å². The van der Waals surface area contributed by atoms with Gasteiger partial charge in [-0.25, -0.2) is 4.98 Å². The number of carbonyl (C=O) groups is 1. The summed E-state index contributed by atoms with van der Waals surface area (Å²) < 4.78 is 12.0. The van der Waals surface area contributed by atoms with Crippen molar-refractivity contribution < 1.29 is 24.3 Å². The van der Waals surface area contributed by atoms with Crippen LogP contribution in [0.5, 0.6) is 11.8 Å². The average Bonchev–Trinajstić information content (AvgIpc) is 3.31. The summed E-state index contributed by atoms with van der Waals surface area (Å²) in [6.45, 7) is 2.21. The maximum atomic E-state index is 12.9. The molecule has 10 nitrogen and oxygen atoms in total. The van der Waals surface area contributed by atoms with E-state index in [1.807, 2.05) is 18.2 Å². The number of hydrogen-bond acceptors (Lipinski definition) is 7. The second-order valence-electron chi connectivity index (χ2n) is 6.89. The molecule has 0 spiro atoms. The first kappa shape index (κ1) is 19.1. The Balaban J connectivity index is 1.62. The smallest absolute Gasteiger partial charge is 0.294 e. The van der Waals surface area contributed by atoms with E-state index in [0.717, 1.165) is 24.2 Å². The van der Waals surface area contributed by atoms with Crippen molar-refractivity contribution in [3.8, 4) is 11.8 Å². The Morgan fingerprint density at radius 2 is 2.03 bits per heavy atom. The molecule has 0 aliphatic carbocycles. The molecule has 10 heteroatoms. The van der Waals surface area contributed by atoms with Crippen LogP contribution in [-0.2, 0) is 6.54 Å². The van der Waals surface area contributed by atoms with Crippen LogP contribution in [0.4, 0.5) is 5.95 Å². The van der Waals surface area contributed by atoms with Crippen LogP contribution in [0.25, 0.3) is 5.52 Å². The number of hydrogen-bond donors (Lipinski definition) is 3. The van der Waals surface area contributed by atoms with Crippen molar-refractivity contribution >= 4 is 17.4 Å². The number of anilines is 1. The second kappa shape index (κ2) is 8.02. The number of nitrogens with zero attached hydrogens (tertiary/aromatic N) is 4. The zero-order valence-corrected chi connectivity index (χ0v) is 16.3. The molecule has 1 saturated heterocycles. The van der Waals surface area contributed by atoms with E-state index >= 15 is 0 Å². The molecule has 2 atom stereocenters. The normalized spacial score (nSPS) is 18.7. The zero-order chi connectivity index (χ0) is 20.4. The summed E-state index contributed by atoms with van der Waals surface area (Å²) >= 11 is 0. The zero-order valence-electron chi connectivity index (χ0n) is 16.3. The minimum absolute atomic E-state index is 0.0636. The van der Waals surface area contributed by atoms with Gasteiger partial charge in [-0.3, -0.25) is 14.5 Å². The summed E-state index contributed by atoms with van der Waals surface area (Å²) in [5.74, 6) is 0.409. The summed E-state index contributed by atoms with van der Waals surface area (Å²) in [4.78, 5) is 27.0. The highest BCUT2D eigenvalue weighted by Crippen LogP contribution is 2.19. The SMILES string of the molecule is COc1cc(OC)nc(NC(=O)c2nc(C[NH+]3CCC(O)C3)c3ccccn23)n1. The molecule has 1 amide bonds. The van der Waals surface area contributed by atoms with Crippen molar-refractivity contribution in [2.75, 3.05) is 32.6 Å². The number of nitrogens with one attached hydrogen (secondary N) is 2. The van der Waals surface area contributed by atoms with Crippen LogP contribution in [0.2, 0.25) is 0 Å². The minimum atomic E-state index is -0.441. The Morgan fingerprint density at radius 1 is 1.28 bits per heavy atom. The Hall–Kier alpha value is -3.24. The van der Waals surface area contributed by atoms with Gasteiger partial charge in [0.05, 0.1) is 32.3 Å². The third-order valence-corrected chi connectivity index (χ3v) is 4.92. The van der Waals surface area contributed by atoms with Gasteiger partial charge >= 0.3 is 0 Å². The van der Waals surface area contributed by atoms with Gasteiger partial charge in [0.1, 0.15) is 24.9 Å². The largest absolute Gasteiger partial charge is 0.481 e. The van der Waals surface area contributed by atoms with Crippen LogP contribution in [-0.4, -0.2) is 63.8 Å². The summed E-state index contributed by atoms with van der Waals surface area (Å²) in [6, 6.07) is 7.20. The summed E-state index contributed by atoms with van der Waals surface area (Å²) in [5, 5.41) is 12.5. The number of aliphatic hydroxyl groups excluding tert-OH is 1. The highest BCUT2D eigenvalue weighted by molar-refractivity contribution is 6.01. The monoisotopic (exact) mass is 399 g/mol. The van der Waals surface area contributed by atoms with Gasteiger partial charge < -0.3 is 19.5 Å². The van der Waals surface area contributed by atoms with E-state index < -0.39 is 5.91 Å². The molecule has 0 aromatic carbocycles. The molecule has 29 heavy (non-hydrogen) atoms. The third kappa shape index (κ3) is 3.98. The fourth-order valence-electron chi connectivity index (χ4n) is 3.52. The van der Waals surface area contributed by atoms with E-state index in [-0.39, 0.29) is 29.6 Å². The lowest BCUT2D eigenvalue weighted by atomic mass is 10.3. The predicted molar refractivity (Wildman–Crippen MR) is 103 cm³/mol. The number of likely N-dealkylation sites (tertiary alicyclic amines) is 1. The third-order valence-electron chi connectivity index (χ3n) is 4.92. The molecule has 4 heterocycles. The van der Waals surface area contributed by atoms with Crippen LogP contribution in [0.3, 0.4) is 0 Å². The summed E-state index contributed by atoms with van der Waals surface area (Å²) in [6.07, 6.45) is 2.30. The Kier molecular flexibility index (Phi) is 5.28. The van der Waals surface area contributed by atoms with Crippen molar-refractivity contribution in [3.05, 3.63) is 42.0 Å². The Morgan fingerprint density at radius 3 is 2.69 bits per heavy atom. The topological polar surface area (TPSA) is 115 Å². The van der Waals surface area contributed by atoms with Gasteiger partial charge in [-0.1, -0.05) is 6.07 Å². The van der Waals surface area contributed by atoms with Crippen LogP contribution < -0.4 is 19.7 Å². The molecule has 4 rings (SSSR count). The number of imidazole rings is 1. The number of fused-ring (bicyclic) bond motifs is 1. The first-order valence-corrected chi connectivity index (χ1v) is 9.33. The van der Waals surface area contributed by atoms with E-state index in [1.54, 1.807) is 10.6 Å².